The quantitative estimate of drug-likeness (QED) is 0.882. The van der Waals surface area contributed by atoms with Gasteiger partial charge in [-0.3, -0.25) is 4.79 Å². The Bertz CT molecular complexity index is 755. The van der Waals surface area contributed by atoms with Crippen LogP contribution in [-0.4, -0.2) is 47.0 Å². The summed E-state index contributed by atoms with van der Waals surface area (Å²) in [5.41, 5.74) is 2.17. The van der Waals surface area contributed by atoms with E-state index in [9.17, 15) is 4.79 Å². The molecular formula is C19H26N6O. The van der Waals surface area contributed by atoms with Gasteiger partial charge in [0.25, 0.3) is 0 Å². The molecule has 1 aliphatic heterocycles. The molecule has 7 heteroatoms. The lowest BCUT2D eigenvalue weighted by atomic mass is 10.2. The third-order valence-corrected chi connectivity index (χ3v) is 4.57. The summed E-state index contributed by atoms with van der Waals surface area (Å²) < 4.78 is 0. The van der Waals surface area contributed by atoms with Crippen molar-refractivity contribution in [1.82, 2.24) is 20.3 Å². The Morgan fingerprint density at radius 2 is 1.92 bits per heavy atom. The first-order chi connectivity index (χ1) is 12.5. The van der Waals surface area contributed by atoms with E-state index in [1.807, 2.05) is 39.2 Å². The van der Waals surface area contributed by atoms with Crippen molar-refractivity contribution in [3.05, 3.63) is 42.0 Å². The van der Waals surface area contributed by atoms with Crippen LogP contribution in [0, 0.1) is 12.8 Å². The van der Waals surface area contributed by atoms with Crippen LogP contribution in [0.4, 0.5) is 11.6 Å². The summed E-state index contributed by atoms with van der Waals surface area (Å²) in [4.78, 5) is 29.3. The van der Waals surface area contributed by atoms with E-state index >= 15 is 0 Å². The highest BCUT2D eigenvalue weighted by atomic mass is 16.1. The van der Waals surface area contributed by atoms with Gasteiger partial charge < -0.3 is 15.1 Å². The molecule has 3 rings (SSSR count). The third-order valence-electron chi connectivity index (χ3n) is 4.57. The van der Waals surface area contributed by atoms with Crippen LogP contribution in [-0.2, 0) is 11.3 Å². The van der Waals surface area contributed by atoms with Gasteiger partial charge in [0.05, 0.1) is 0 Å². The van der Waals surface area contributed by atoms with Gasteiger partial charge >= 0.3 is 0 Å². The Morgan fingerprint density at radius 3 is 2.62 bits per heavy atom. The van der Waals surface area contributed by atoms with Gasteiger partial charge in [0.1, 0.15) is 18.0 Å². The largest absolute Gasteiger partial charge is 0.353 e. The molecule has 0 aliphatic carbocycles. The molecule has 0 saturated carbocycles. The fourth-order valence-electron chi connectivity index (χ4n) is 3.01. The van der Waals surface area contributed by atoms with Gasteiger partial charge in [-0.1, -0.05) is 13.8 Å². The molecule has 1 aliphatic rings. The van der Waals surface area contributed by atoms with Crippen molar-refractivity contribution in [3.63, 3.8) is 0 Å². The summed E-state index contributed by atoms with van der Waals surface area (Å²) in [5, 5.41) is 2.96. The first kappa shape index (κ1) is 18.1. The van der Waals surface area contributed by atoms with Gasteiger partial charge in [-0.05, 0) is 24.6 Å². The van der Waals surface area contributed by atoms with E-state index < -0.39 is 0 Å². The number of piperazine rings is 1. The van der Waals surface area contributed by atoms with Gasteiger partial charge in [0.15, 0.2) is 0 Å². The predicted molar refractivity (Wildman–Crippen MR) is 102 cm³/mol. The minimum absolute atomic E-state index is 0.00496. The Balaban J connectivity index is 1.60. The Morgan fingerprint density at radius 1 is 1.19 bits per heavy atom. The number of amides is 1. The van der Waals surface area contributed by atoms with E-state index in [1.54, 1.807) is 6.33 Å². The summed E-state index contributed by atoms with van der Waals surface area (Å²) in [6, 6.07) is 4.01. The average Bonchev–Trinajstić information content (AvgIpc) is 2.67. The number of nitrogens with one attached hydrogen (secondary N) is 1. The molecule has 3 heterocycles. The zero-order valence-corrected chi connectivity index (χ0v) is 15.6. The molecule has 2 aromatic rings. The van der Waals surface area contributed by atoms with Crippen LogP contribution < -0.4 is 15.1 Å². The van der Waals surface area contributed by atoms with Gasteiger partial charge in [-0.2, -0.15) is 0 Å². The van der Waals surface area contributed by atoms with Crippen LogP contribution in [0.25, 0.3) is 0 Å². The molecule has 7 nitrogen and oxygen atoms in total. The van der Waals surface area contributed by atoms with Gasteiger partial charge in [-0.25, -0.2) is 15.0 Å². The summed E-state index contributed by atoms with van der Waals surface area (Å²) in [5.74, 6) is 2.03. The fourth-order valence-corrected chi connectivity index (χ4v) is 3.01. The zero-order valence-electron chi connectivity index (χ0n) is 15.6. The number of hydrogen-bond donors (Lipinski definition) is 1. The topological polar surface area (TPSA) is 74.2 Å². The van der Waals surface area contributed by atoms with Crippen LogP contribution in [0.5, 0.6) is 0 Å². The average molecular weight is 354 g/mol. The van der Waals surface area contributed by atoms with Crippen molar-refractivity contribution in [2.45, 2.75) is 27.3 Å². The second-order valence-corrected chi connectivity index (χ2v) is 6.90. The smallest absolute Gasteiger partial charge is 0.222 e. The second kappa shape index (κ2) is 8.12. The number of pyridine rings is 1. The van der Waals surface area contributed by atoms with Gasteiger partial charge in [-0.15, -0.1) is 0 Å². The fraction of sp³-hybridized carbons (Fsp3) is 0.474. The molecule has 0 spiro atoms. The number of hydrogen-bond acceptors (Lipinski definition) is 6. The molecule has 2 aromatic heterocycles. The van der Waals surface area contributed by atoms with Crippen molar-refractivity contribution in [3.8, 4) is 0 Å². The van der Waals surface area contributed by atoms with Crippen molar-refractivity contribution in [2.24, 2.45) is 5.92 Å². The summed E-state index contributed by atoms with van der Waals surface area (Å²) in [6.45, 7) is 9.93. The van der Waals surface area contributed by atoms with Crippen molar-refractivity contribution < 1.29 is 4.79 Å². The molecule has 0 unspecified atom stereocenters. The molecule has 0 aromatic carbocycles. The molecule has 1 saturated heterocycles. The summed E-state index contributed by atoms with van der Waals surface area (Å²) in [7, 11) is 0. The second-order valence-electron chi connectivity index (χ2n) is 6.90. The van der Waals surface area contributed by atoms with Crippen LogP contribution in [0.15, 0.2) is 30.9 Å². The molecule has 1 fully saturated rings. The number of nitrogens with zero attached hydrogens (tertiary/aromatic N) is 5. The van der Waals surface area contributed by atoms with E-state index in [1.165, 1.54) is 0 Å². The molecule has 1 amide bonds. The van der Waals surface area contributed by atoms with Crippen molar-refractivity contribution in [1.29, 1.82) is 0 Å². The molecule has 0 bridgehead atoms. The van der Waals surface area contributed by atoms with E-state index in [4.69, 9.17) is 0 Å². The van der Waals surface area contributed by atoms with E-state index in [0.29, 0.717) is 6.54 Å². The number of aryl methyl sites for hydroxylation is 1. The highest BCUT2D eigenvalue weighted by Crippen LogP contribution is 2.20. The molecule has 0 radical (unpaired) electrons. The SMILES string of the molecule is Cc1cncnc1N1CCN(c2cc(CNC(=O)C(C)C)ccn2)CC1. The number of anilines is 2. The highest BCUT2D eigenvalue weighted by Gasteiger charge is 2.20. The first-order valence-electron chi connectivity index (χ1n) is 9.03. The number of aromatic nitrogens is 3. The molecule has 138 valence electrons. The molecule has 0 atom stereocenters. The lowest BCUT2D eigenvalue weighted by Crippen LogP contribution is -2.47. The third kappa shape index (κ3) is 4.28. The lowest BCUT2D eigenvalue weighted by molar-refractivity contribution is -0.124. The van der Waals surface area contributed by atoms with Gasteiger partial charge in [0.2, 0.25) is 5.91 Å². The maximum Gasteiger partial charge on any atom is 0.222 e. The van der Waals surface area contributed by atoms with Crippen LogP contribution >= 0.6 is 0 Å². The maximum atomic E-state index is 11.7. The number of carbonyl (C=O) groups excluding carboxylic acids is 1. The van der Waals surface area contributed by atoms with Gasteiger partial charge in [0, 0.05) is 56.6 Å². The lowest BCUT2D eigenvalue weighted by Gasteiger charge is -2.36. The number of rotatable bonds is 5. The molecular weight excluding hydrogens is 328 g/mol. The molecule has 26 heavy (non-hydrogen) atoms. The Kier molecular flexibility index (Phi) is 5.65. The molecule has 1 N–H and O–H groups in total. The minimum atomic E-state index is -0.00496. The van der Waals surface area contributed by atoms with Crippen LogP contribution in [0.1, 0.15) is 25.0 Å². The monoisotopic (exact) mass is 354 g/mol. The maximum absolute atomic E-state index is 11.7. The van der Waals surface area contributed by atoms with E-state index in [-0.39, 0.29) is 11.8 Å². The highest BCUT2D eigenvalue weighted by molar-refractivity contribution is 5.77. The Hall–Kier alpha value is -2.70. The van der Waals surface area contributed by atoms with Crippen LogP contribution in [0.2, 0.25) is 0 Å². The van der Waals surface area contributed by atoms with Crippen molar-refractivity contribution in [2.75, 3.05) is 36.0 Å². The standard InChI is InChI=1S/C19H26N6O/c1-14(2)19(26)22-12-16-4-5-21-17(10-16)24-6-8-25(9-7-24)18-15(3)11-20-13-23-18/h4-5,10-11,13-14H,6-9,12H2,1-3H3,(H,22,26). The number of carbonyl (C=O) groups is 1. The van der Waals surface area contributed by atoms with E-state index in [2.05, 4.69) is 36.1 Å². The minimum Gasteiger partial charge on any atom is -0.353 e. The summed E-state index contributed by atoms with van der Waals surface area (Å²) in [6.07, 6.45) is 5.27. The summed E-state index contributed by atoms with van der Waals surface area (Å²) >= 11 is 0. The van der Waals surface area contributed by atoms with E-state index in [0.717, 1.165) is 48.9 Å². The zero-order chi connectivity index (χ0) is 18.5. The van der Waals surface area contributed by atoms with Crippen molar-refractivity contribution >= 4 is 17.5 Å². The predicted octanol–water partition coefficient (Wildman–Crippen LogP) is 1.78. The first-order valence-corrected chi connectivity index (χ1v) is 9.03. The normalized spacial score (nSPS) is 14.6. The van der Waals surface area contributed by atoms with Crippen LogP contribution in [0.3, 0.4) is 0 Å². The Labute approximate surface area is 154 Å².